The Hall–Kier alpha value is -2.66. The molecule has 0 spiro atoms. The predicted octanol–water partition coefficient (Wildman–Crippen LogP) is 2.70. The van der Waals surface area contributed by atoms with E-state index in [1.807, 2.05) is 30.0 Å². The van der Waals surface area contributed by atoms with E-state index in [0.29, 0.717) is 17.7 Å². The zero-order valence-corrected chi connectivity index (χ0v) is 16.1. The van der Waals surface area contributed by atoms with E-state index >= 15 is 0 Å². The van der Waals surface area contributed by atoms with Gasteiger partial charge in [-0.25, -0.2) is 0 Å². The van der Waals surface area contributed by atoms with Crippen LogP contribution >= 0.6 is 0 Å². The van der Waals surface area contributed by atoms with E-state index in [1.54, 1.807) is 24.3 Å². The van der Waals surface area contributed by atoms with E-state index in [2.05, 4.69) is 23.2 Å². The number of likely N-dealkylation sites (N-methyl/N-ethyl adjacent to an activating group) is 1. The summed E-state index contributed by atoms with van der Waals surface area (Å²) < 4.78 is 0. The van der Waals surface area contributed by atoms with Gasteiger partial charge in [0.1, 0.15) is 0 Å². The van der Waals surface area contributed by atoms with Gasteiger partial charge >= 0.3 is 0 Å². The van der Waals surface area contributed by atoms with Crippen molar-refractivity contribution >= 4 is 11.8 Å². The lowest BCUT2D eigenvalue weighted by Gasteiger charge is -2.34. The van der Waals surface area contributed by atoms with E-state index < -0.39 is 0 Å². The first-order valence-electron chi connectivity index (χ1n) is 9.52. The van der Waals surface area contributed by atoms with Crippen LogP contribution in [-0.4, -0.2) is 54.3 Å². The smallest absolute Gasteiger partial charge is 0.253 e. The Labute approximate surface area is 161 Å². The van der Waals surface area contributed by atoms with Gasteiger partial charge in [0.25, 0.3) is 11.8 Å². The molecule has 0 saturated carbocycles. The van der Waals surface area contributed by atoms with Gasteiger partial charge in [-0.05, 0) is 43.3 Å². The summed E-state index contributed by atoms with van der Waals surface area (Å²) in [6, 6.07) is 15.0. The normalized spacial score (nSPS) is 14.8. The van der Waals surface area contributed by atoms with E-state index in [1.165, 1.54) is 5.56 Å². The molecule has 2 aromatic carbocycles. The third-order valence-electron chi connectivity index (χ3n) is 5.04. The third kappa shape index (κ3) is 4.95. The fourth-order valence-electron chi connectivity index (χ4n) is 3.32. The van der Waals surface area contributed by atoms with Crippen LogP contribution in [0.3, 0.4) is 0 Å². The fraction of sp³-hybridized carbons (Fsp3) is 0.364. The number of hydrogen-bond donors (Lipinski definition) is 1. The standard InChI is InChI=1S/C22H27N3O2/c1-3-24-11-13-25(14-12-24)22(27)20-9-7-19(8-10-20)21(26)23-16-18-6-4-5-17(2)15-18/h4-10,15H,3,11-14,16H2,1-2H3,(H,23,26). The zero-order chi connectivity index (χ0) is 19.2. The molecule has 1 aliphatic heterocycles. The maximum atomic E-state index is 12.6. The number of rotatable bonds is 5. The van der Waals surface area contributed by atoms with Crippen molar-refractivity contribution in [1.82, 2.24) is 15.1 Å². The van der Waals surface area contributed by atoms with Crippen molar-refractivity contribution in [2.24, 2.45) is 0 Å². The molecule has 5 heteroatoms. The molecule has 1 fully saturated rings. The summed E-state index contributed by atoms with van der Waals surface area (Å²) in [4.78, 5) is 29.2. The molecule has 0 bridgehead atoms. The Kier molecular flexibility index (Phi) is 6.24. The van der Waals surface area contributed by atoms with Gasteiger partial charge in [0.05, 0.1) is 0 Å². The van der Waals surface area contributed by atoms with Crippen LogP contribution in [0.1, 0.15) is 38.8 Å². The second-order valence-corrected chi connectivity index (χ2v) is 6.98. The zero-order valence-electron chi connectivity index (χ0n) is 16.1. The molecule has 0 radical (unpaired) electrons. The van der Waals surface area contributed by atoms with Crippen molar-refractivity contribution in [3.63, 3.8) is 0 Å². The molecule has 27 heavy (non-hydrogen) atoms. The topological polar surface area (TPSA) is 52.7 Å². The van der Waals surface area contributed by atoms with Crippen LogP contribution in [0.25, 0.3) is 0 Å². The minimum absolute atomic E-state index is 0.0393. The summed E-state index contributed by atoms with van der Waals surface area (Å²) in [5.41, 5.74) is 3.44. The van der Waals surface area contributed by atoms with Gasteiger partial charge in [-0.3, -0.25) is 9.59 Å². The quantitative estimate of drug-likeness (QED) is 0.886. The van der Waals surface area contributed by atoms with Gasteiger partial charge in [-0.15, -0.1) is 0 Å². The van der Waals surface area contributed by atoms with Crippen LogP contribution in [-0.2, 0) is 6.54 Å². The van der Waals surface area contributed by atoms with E-state index in [9.17, 15) is 9.59 Å². The molecule has 1 heterocycles. The summed E-state index contributed by atoms with van der Waals surface area (Å²) in [5, 5.41) is 2.93. The number of nitrogens with one attached hydrogen (secondary N) is 1. The van der Waals surface area contributed by atoms with Crippen LogP contribution in [0.4, 0.5) is 0 Å². The van der Waals surface area contributed by atoms with Crippen molar-refractivity contribution in [3.8, 4) is 0 Å². The lowest BCUT2D eigenvalue weighted by molar-refractivity contribution is 0.0643. The van der Waals surface area contributed by atoms with Gasteiger partial charge in [-0.2, -0.15) is 0 Å². The number of aryl methyl sites for hydroxylation is 1. The monoisotopic (exact) mass is 365 g/mol. The fourth-order valence-corrected chi connectivity index (χ4v) is 3.32. The average molecular weight is 365 g/mol. The minimum Gasteiger partial charge on any atom is -0.348 e. The number of piperazine rings is 1. The molecule has 0 aliphatic carbocycles. The van der Waals surface area contributed by atoms with Crippen LogP contribution in [0.2, 0.25) is 0 Å². The van der Waals surface area contributed by atoms with Crippen molar-refractivity contribution in [1.29, 1.82) is 0 Å². The lowest BCUT2D eigenvalue weighted by Crippen LogP contribution is -2.48. The van der Waals surface area contributed by atoms with Crippen molar-refractivity contribution < 1.29 is 9.59 Å². The molecule has 2 amide bonds. The molecule has 1 N–H and O–H groups in total. The van der Waals surface area contributed by atoms with Crippen molar-refractivity contribution in [2.75, 3.05) is 32.7 Å². The second kappa shape index (κ2) is 8.82. The van der Waals surface area contributed by atoms with Gasteiger partial charge in [0, 0.05) is 43.9 Å². The van der Waals surface area contributed by atoms with E-state index in [4.69, 9.17) is 0 Å². The number of carbonyl (C=O) groups excluding carboxylic acids is 2. The Balaban J connectivity index is 1.56. The molecular weight excluding hydrogens is 338 g/mol. The highest BCUT2D eigenvalue weighted by molar-refractivity contribution is 5.97. The van der Waals surface area contributed by atoms with Crippen molar-refractivity contribution in [3.05, 3.63) is 70.8 Å². The highest BCUT2D eigenvalue weighted by Gasteiger charge is 2.21. The largest absolute Gasteiger partial charge is 0.348 e. The summed E-state index contributed by atoms with van der Waals surface area (Å²) in [6.07, 6.45) is 0. The Bertz CT molecular complexity index is 793. The second-order valence-electron chi connectivity index (χ2n) is 6.98. The summed E-state index contributed by atoms with van der Waals surface area (Å²) in [7, 11) is 0. The van der Waals surface area contributed by atoms with Gasteiger partial charge in [0.2, 0.25) is 0 Å². The van der Waals surface area contributed by atoms with Crippen LogP contribution in [0, 0.1) is 6.92 Å². The first-order chi connectivity index (χ1) is 13.1. The first-order valence-corrected chi connectivity index (χ1v) is 9.52. The molecule has 3 rings (SSSR count). The molecule has 0 aromatic heterocycles. The number of amides is 2. The molecule has 0 unspecified atom stereocenters. The van der Waals surface area contributed by atoms with E-state index in [0.717, 1.165) is 38.3 Å². The Morgan fingerprint density at radius 2 is 1.63 bits per heavy atom. The molecular formula is C22H27N3O2. The third-order valence-corrected chi connectivity index (χ3v) is 5.04. The number of carbonyl (C=O) groups is 2. The number of hydrogen-bond acceptors (Lipinski definition) is 3. The van der Waals surface area contributed by atoms with Crippen molar-refractivity contribution in [2.45, 2.75) is 20.4 Å². The maximum Gasteiger partial charge on any atom is 0.253 e. The first kappa shape index (κ1) is 19.1. The van der Waals surface area contributed by atoms with Gasteiger partial charge in [0.15, 0.2) is 0 Å². The molecule has 1 aliphatic rings. The molecule has 1 saturated heterocycles. The Morgan fingerprint density at radius 3 is 2.26 bits per heavy atom. The highest BCUT2D eigenvalue weighted by atomic mass is 16.2. The number of benzene rings is 2. The predicted molar refractivity (Wildman–Crippen MR) is 107 cm³/mol. The van der Waals surface area contributed by atoms with Crippen LogP contribution in [0.15, 0.2) is 48.5 Å². The highest BCUT2D eigenvalue weighted by Crippen LogP contribution is 2.11. The molecule has 142 valence electrons. The summed E-state index contributed by atoms with van der Waals surface area (Å²) >= 11 is 0. The van der Waals surface area contributed by atoms with E-state index in [-0.39, 0.29) is 11.8 Å². The van der Waals surface area contributed by atoms with Gasteiger partial charge < -0.3 is 15.1 Å². The van der Waals surface area contributed by atoms with Crippen LogP contribution in [0.5, 0.6) is 0 Å². The summed E-state index contributed by atoms with van der Waals surface area (Å²) in [5.74, 6) is -0.0930. The lowest BCUT2D eigenvalue weighted by atomic mass is 10.1. The molecule has 5 nitrogen and oxygen atoms in total. The van der Waals surface area contributed by atoms with Gasteiger partial charge in [-0.1, -0.05) is 36.8 Å². The maximum absolute atomic E-state index is 12.6. The molecule has 0 atom stereocenters. The minimum atomic E-state index is -0.132. The van der Waals surface area contributed by atoms with Crippen LogP contribution < -0.4 is 5.32 Å². The molecule has 2 aromatic rings. The number of nitrogens with zero attached hydrogens (tertiary/aromatic N) is 2. The average Bonchev–Trinajstić information content (AvgIpc) is 2.72. The Morgan fingerprint density at radius 1 is 0.963 bits per heavy atom. The summed E-state index contributed by atoms with van der Waals surface area (Å²) in [6.45, 7) is 9.03. The SMILES string of the molecule is CCN1CCN(C(=O)c2ccc(C(=O)NCc3cccc(C)c3)cc2)CC1.